The van der Waals surface area contributed by atoms with Crippen molar-refractivity contribution in [1.82, 2.24) is 4.98 Å². The molecule has 1 saturated heterocycles. The maximum atomic E-state index is 13.1. The van der Waals surface area contributed by atoms with Crippen molar-refractivity contribution in [2.24, 2.45) is 5.92 Å². The second-order valence-corrected chi connectivity index (χ2v) is 5.99. The molecular formula is C15H19F3N2O3. The Kier molecular flexibility index (Phi) is 4.68. The lowest BCUT2D eigenvalue weighted by Crippen LogP contribution is -2.47. The van der Waals surface area contributed by atoms with Crippen LogP contribution >= 0.6 is 0 Å². The molecule has 5 nitrogen and oxygen atoms in total. The van der Waals surface area contributed by atoms with Crippen LogP contribution in [0.1, 0.15) is 39.0 Å². The maximum absolute atomic E-state index is 13.1. The number of carbonyl (C=O) groups is 1. The highest BCUT2D eigenvalue weighted by atomic mass is 19.4. The summed E-state index contributed by atoms with van der Waals surface area (Å²) in [4.78, 5) is 16.1. The average molecular weight is 332 g/mol. The zero-order valence-electron chi connectivity index (χ0n) is 13.0. The molecule has 1 aromatic heterocycles. The number of ether oxygens (including phenoxy) is 1. The minimum atomic E-state index is -4.54. The molecule has 1 aliphatic heterocycles. The second kappa shape index (κ2) is 6.09. The molecule has 2 rings (SSSR count). The fraction of sp³-hybridized carbons (Fsp3) is 0.600. The molecule has 0 aromatic carbocycles. The van der Waals surface area contributed by atoms with Gasteiger partial charge in [-0.3, -0.25) is 9.78 Å². The molecule has 0 aliphatic carbocycles. The fourth-order valence-corrected chi connectivity index (χ4v) is 2.46. The van der Waals surface area contributed by atoms with E-state index in [4.69, 9.17) is 4.74 Å². The van der Waals surface area contributed by atoms with Gasteiger partial charge in [-0.25, -0.2) is 0 Å². The molecule has 0 saturated carbocycles. The SMILES string of the molecule is CC(O)c1ccc(NC(=O)C2CC(C)C(C)(C(F)(F)F)O2)cn1. The number of alkyl halides is 3. The lowest BCUT2D eigenvalue weighted by molar-refractivity contribution is -0.272. The molecule has 0 bridgehead atoms. The summed E-state index contributed by atoms with van der Waals surface area (Å²) in [5.74, 6) is -1.47. The molecule has 4 atom stereocenters. The standard InChI is InChI=1S/C15H19F3N2O3/c1-8-6-12(23-14(8,3)15(16,17)18)13(22)20-10-4-5-11(9(2)21)19-7-10/h4-5,7-9,12,21H,6H2,1-3H3,(H,20,22). The molecule has 1 amide bonds. The van der Waals surface area contributed by atoms with Gasteiger partial charge in [-0.15, -0.1) is 0 Å². The molecule has 4 unspecified atom stereocenters. The van der Waals surface area contributed by atoms with Crippen LogP contribution in [0.25, 0.3) is 0 Å². The third kappa shape index (κ3) is 3.48. The fourth-order valence-electron chi connectivity index (χ4n) is 2.46. The summed E-state index contributed by atoms with van der Waals surface area (Å²) in [5.41, 5.74) is -1.57. The van der Waals surface area contributed by atoms with Crippen LogP contribution in [-0.2, 0) is 9.53 Å². The molecule has 0 radical (unpaired) electrons. The first-order valence-corrected chi connectivity index (χ1v) is 7.24. The molecule has 2 N–H and O–H groups in total. The van der Waals surface area contributed by atoms with Crippen LogP contribution in [0.3, 0.4) is 0 Å². The van der Waals surface area contributed by atoms with Crippen LogP contribution in [0.2, 0.25) is 0 Å². The number of aliphatic hydroxyl groups excluding tert-OH is 1. The number of hydrogen-bond acceptors (Lipinski definition) is 4. The highest BCUT2D eigenvalue weighted by Crippen LogP contribution is 2.46. The van der Waals surface area contributed by atoms with Gasteiger partial charge in [0.05, 0.1) is 23.7 Å². The highest BCUT2D eigenvalue weighted by Gasteiger charge is 2.61. The Morgan fingerprint density at radius 1 is 1.52 bits per heavy atom. The number of hydrogen-bond donors (Lipinski definition) is 2. The van der Waals surface area contributed by atoms with E-state index >= 15 is 0 Å². The minimum absolute atomic E-state index is 0.0129. The number of aliphatic hydroxyl groups is 1. The van der Waals surface area contributed by atoms with Crippen molar-refractivity contribution in [2.75, 3.05) is 5.32 Å². The van der Waals surface area contributed by atoms with Gasteiger partial charge in [0.2, 0.25) is 0 Å². The monoisotopic (exact) mass is 332 g/mol. The van der Waals surface area contributed by atoms with Crippen LogP contribution in [0.15, 0.2) is 18.3 Å². The van der Waals surface area contributed by atoms with E-state index in [-0.39, 0.29) is 6.42 Å². The van der Waals surface area contributed by atoms with Crippen LogP contribution in [0, 0.1) is 5.92 Å². The van der Waals surface area contributed by atoms with Crippen molar-refractivity contribution in [3.05, 3.63) is 24.0 Å². The van der Waals surface area contributed by atoms with E-state index in [1.807, 2.05) is 0 Å². The van der Waals surface area contributed by atoms with E-state index in [9.17, 15) is 23.1 Å². The number of nitrogens with zero attached hydrogens (tertiary/aromatic N) is 1. The van der Waals surface area contributed by atoms with Crippen molar-refractivity contribution in [3.63, 3.8) is 0 Å². The molecule has 1 aliphatic rings. The van der Waals surface area contributed by atoms with Crippen molar-refractivity contribution in [1.29, 1.82) is 0 Å². The highest BCUT2D eigenvalue weighted by molar-refractivity contribution is 5.94. The molecule has 2 heterocycles. The van der Waals surface area contributed by atoms with E-state index in [0.29, 0.717) is 11.4 Å². The predicted octanol–water partition coefficient (Wildman–Crippen LogP) is 2.82. The smallest absolute Gasteiger partial charge is 0.387 e. The minimum Gasteiger partial charge on any atom is -0.387 e. The molecule has 1 fully saturated rings. The normalized spacial score (nSPS) is 29.3. The Hall–Kier alpha value is -1.67. The number of pyridine rings is 1. The summed E-state index contributed by atoms with van der Waals surface area (Å²) < 4.78 is 44.3. The Labute approximate surface area is 131 Å². The Morgan fingerprint density at radius 3 is 2.61 bits per heavy atom. The van der Waals surface area contributed by atoms with E-state index < -0.39 is 35.8 Å². The first kappa shape index (κ1) is 17.7. The van der Waals surface area contributed by atoms with Crippen LogP contribution in [-0.4, -0.2) is 33.9 Å². The first-order valence-electron chi connectivity index (χ1n) is 7.24. The van der Waals surface area contributed by atoms with Gasteiger partial charge in [0.1, 0.15) is 6.10 Å². The average Bonchev–Trinajstić information content (AvgIpc) is 2.76. The predicted molar refractivity (Wildman–Crippen MR) is 76.6 cm³/mol. The quantitative estimate of drug-likeness (QED) is 0.893. The van der Waals surface area contributed by atoms with Gasteiger partial charge in [-0.05, 0) is 38.3 Å². The maximum Gasteiger partial charge on any atom is 0.417 e. The van der Waals surface area contributed by atoms with Crippen molar-refractivity contribution in [2.45, 2.75) is 51.2 Å². The van der Waals surface area contributed by atoms with Gasteiger partial charge in [0.25, 0.3) is 5.91 Å². The van der Waals surface area contributed by atoms with E-state index in [2.05, 4.69) is 10.3 Å². The van der Waals surface area contributed by atoms with Crippen molar-refractivity contribution >= 4 is 11.6 Å². The number of halogens is 3. The van der Waals surface area contributed by atoms with E-state index in [1.54, 1.807) is 6.92 Å². The van der Waals surface area contributed by atoms with Gasteiger partial charge >= 0.3 is 6.18 Å². The molecule has 1 aromatic rings. The number of aromatic nitrogens is 1. The van der Waals surface area contributed by atoms with E-state index in [0.717, 1.165) is 6.92 Å². The van der Waals surface area contributed by atoms with Gasteiger partial charge in [-0.1, -0.05) is 6.92 Å². The lowest BCUT2D eigenvalue weighted by atomic mass is 9.89. The molecule has 23 heavy (non-hydrogen) atoms. The summed E-state index contributed by atoms with van der Waals surface area (Å²) >= 11 is 0. The van der Waals surface area contributed by atoms with Gasteiger partial charge in [0.15, 0.2) is 5.60 Å². The number of nitrogens with one attached hydrogen (secondary N) is 1. The zero-order chi connectivity index (χ0) is 17.4. The molecule has 128 valence electrons. The lowest BCUT2D eigenvalue weighted by Gasteiger charge is -2.30. The summed E-state index contributed by atoms with van der Waals surface area (Å²) in [7, 11) is 0. The van der Waals surface area contributed by atoms with Crippen molar-refractivity contribution in [3.8, 4) is 0 Å². The largest absolute Gasteiger partial charge is 0.417 e. The zero-order valence-corrected chi connectivity index (χ0v) is 13.0. The van der Waals surface area contributed by atoms with Crippen LogP contribution in [0.5, 0.6) is 0 Å². The Balaban J connectivity index is 2.05. The number of amides is 1. The summed E-state index contributed by atoms with van der Waals surface area (Å²) in [6.45, 7) is 3.93. The molecule has 8 heteroatoms. The van der Waals surface area contributed by atoms with Crippen LogP contribution in [0.4, 0.5) is 18.9 Å². The summed E-state index contributed by atoms with van der Waals surface area (Å²) in [6, 6.07) is 3.05. The number of carbonyl (C=O) groups excluding carboxylic acids is 1. The Bertz CT molecular complexity index is 574. The van der Waals surface area contributed by atoms with Gasteiger partial charge in [-0.2, -0.15) is 13.2 Å². The topological polar surface area (TPSA) is 71.5 Å². The Morgan fingerprint density at radius 2 is 2.17 bits per heavy atom. The molecular weight excluding hydrogens is 313 g/mol. The van der Waals surface area contributed by atoms with E-state index in [1.165, 1.54) is 25.3 Å². The summed E-state index contributed by atoms with van der Waals surface area (Å²) in [6.07, 6.45) is -5.14. The number of rotatable bonds is 3. The van der Waals surface area contributed by atoms with Gasteiger partial charge in [0, 0.05) is 0 Å². The van der Waals surface area contributed by atoms with Crippen molar-refractivity contribution < 1.29 is 27.8 Å². The third-order valence-corrected chi connectivity index (χ3v) is 4.23. The van der Waals surface area contributed by atoms with Gasteiger partial charge < -0.3 is 15.2 Å². The molecule has 0 spiro atoms. The first-order chi connectivity index (χ1) is 10.5. The third-order valence-electron chi connectivity index (χ3n) is 4.23. The summed E-state index contributed by atoms with van der Waals surface area (Å²) in [5, 5.41) is 11.8. The van der Waals surface area contributed by atoms with Crippen LogP contribution < -0.4 is 5.32 Å². The second-order valence-electron chi connectivity index (χ2n) is 5.99. The number of anilines is 1.